The maximum Gasteiger partial charge on any atom is 0.253 e. The molecule has 0 unspecified atom stereocenters. The van der Waals surface area contributed by atoms with Crippen LogP contribution in [-0.4, -0.2) is 40.3 Å². The highest BCUT2D eigenvalue weighted by molar-refractivity contribution is 7.99. The molecule has 28 heavy (non-hydrogen) atoms. The number of carbonyl (C=O) groups excluding carboxylic acids is 1. The second-order valence-corrected chi connectivity index (χ2v) is 8.57. The summed E-state index contributed by atoms with van der Waals surface area (Å²) < 4.78 is 28.3. The SMILES string of the molecule is O=C(c1ccc(F)c(Cl)c1)N1CCC(F)(CCCCSc2ccccn2)CC1. The minimum Gasteiger partial charge on any atom is -0.338 e. The van der Waals surface area contributed by atoms with Crippen LogP contribution in [0.3, 0.4) is 0 Å². The number of likely N-dealkylation sites (tertiary alicyclic amines) is 1. The van der Waals surface area contributed by atoms with Crippen LogP contribution in [-0.2, 0) is 0 Å². The zero-order valence-electron chi connectivity index (χ0n) is 15.5. The Kier molecular flexibility index (Phi) is 7.30. The maximum absolute atomic E-state index is 15.1. The molecule has 3 nitrogen and oxygen atoms in total. The first-order valence-electron chi connectivity index (χ1n) is 9.44. The lowest BCUT2D eigenvalue weighted by Crippen LogP contribution is -2.44. The van der Waals surface area contributed by atoms with Gasteiger partial charge in [-0.1, -0.05) is 17.7 Å². The number of aromatic nitrogens is 1. The fourth-order valence-electron chi connectivity index (χ4n) is 3.33. The summed E-state index contributed by atoms with van der Waals surface area (Å²) in [6.45, 7) is 0.736. The highest BCUT2D eigenvalue weighted by atomic mass is 35.5. The van der Waals surface area contributed by atoms with Crippen molar-refractivity contribution in [2.75, 3.05) is 18.8 Å². The summed E-state index contributed by atoms with van der Waals surface area (Å²) in [5, 5.41) is 0.913. The lowest BCUT2D eigenvalue weighted by atomic mass is 9.88. The zero-order valence-corrected chi connectivity index (χ0v) is 17.1. The Balaban J connectivity index is 1.40. The molecule has 0 radical (unpaired) electrons. The number of thioether (sulfide) groups is 1. The van der Waals surface area contributed by atoms with Crippen molar-refractivity contribution >= 4 is 29.3 Å². The molecule has 1 amide bonds. The average Bonchev–Trinajstić information content (AvgIpc) is 2.71. The van der Waals surface area contributed by atoms with Gasteiger partial charge in [-0.15, -0.1) is 11.8 Å². The largest absolute Gasteiger partial charge is 0.338 e. The van der Waals surface area contributed by atoms with Crippen LogP contribution in [0.5, 0.6) is 0 Å². The van der Waals surface area contributed by atoms with Gasteiger partial charge < -0.3 is 4.90 Å². The van der Waals surface area contributed by atoms with Crippen LogP contribution in [0.25, 0.3) is 0 Å². The van der Waals surface area contributed by atoms with Gasteiger partial charge in [-0.05, 0) is 68.2 Å². The molecule has 7 heteroatoms. The molecule has 3 rings (SSSR count). The molecular formula is C21H23ClF2N2OS. The lowest BCUT2D eigenvalue weighted by Gasteiger charge is -2.36. The lowest BCUT2D eigenvalue weighted by molar-refractivity contribution is 0.0388. The number of rotatable bonds is 7. The number of hydrogen-bond acceptors (Lipinski definition) is 3. The van der Waals surface area contributed by atoms with E-state index in [-0.39, 0.29) is 10.9 Å². The number of piperidine rings is 1. The summed E-state index contributed by atoms with van der Waals surface area (Å²) in [4.78, 5) is 18.4. The van der Waals surface area contributed by atoms with Crippen LogP contribution in [0.15, 0.2) is 47.6 Å². The zero-order chi connectivity index (χ0) is 20.0. The molecule has 0 atom stereocenters. The quantitative estimate of drug-likeness (QED) is 0.417. The average molecular weight is 425 g/mol. The Labute approximate surface area is 173 Å². The van der Waals surface area contributed by atoms with Crippen LogP contribution in [0, 0.1) is 5.82 Å². The topological polar surface area (TPSA) is 33.2 Å². The molecule has 1 aliphatic rings. The second-order valence-electron chi connectivity index (χ2n) is 7.05. The fraction of sp³-hybridized carbons (Fsp3) is 0.429. The number of halogens is 3. The van der Waals surface area contributed by atoms with E-state index in [1.165, 1.54) is 18.2 Å². The van der Waals surface area contributed by atoms with E-state index in [9.17, 15) is 9.18 Å². The predicted octanol–water partition coefficient (Wildman–Crippen LogP) is 5.78. The molecule has 1 aliphatic heterocycles. The van der Waals surface area contributed by atoms with Gasteiger partial charge in [0.15, 0.2) is 0 Å². The third-order valence-corrected chi connectivity index (χ3v) is 6.34. The Morgan fingerprint density at radius 3 is 2.68 bits per heavy atom. The molecule has 0 saturated carbocycles. The van der Waals surface area contributed by atoms with E-state index in [4.69, 9.17) is 11.6 Å². The molecule has 0 N–H and O–H groups in total. The number of unbranched alkanes of at least 4 members (excludes halogenated alkanes) is 1. The van der Waals surface area contributed by atoms with Crippen molar-refractivity contribution in [3.05, 3.63) is 59.0 Å². The van der Waals surface area contributed by atoms with Gasteiger partial charge in [-0.3, -0.25) is 4.79 Å². The molecule has 2 aromatic rings. The van der Waals surface area contributed by atoms with Crippen molar-refractivity contribution in [3.8, 4) is 0 Å². The molecule has 1 aromatic carbocycles. The first kappa shape index (κ1) is 21.1. The minimum atomic E-state index is -1.22. The van der Waals surface area contributed by atoms with Crippen LogP contribution >= 0.6 is 23.4 Å². The summed E-state index contributed by atoms with van der Waals surface area (Å²) in [5.74, 6) is 0.139. The Morgan fingerprint density at radius 2 is 2.00 bits per heavy atom. The van der Waals surface area contributed by atoms with E-state index < -0.39 is 11.5 Å². The summed E-state index contributed by atoms with van der Waals surface area (Å²) in [5.41, 5.74) is -0.878. The Morgan fingerprint density at radius 1 is 1.21 bits per heavy atom. The van der Waals surface area contributed by atoms with Gasteiger partial charge in [0.2, 0.25) is 0 Å². The third-order valence-electron chi connectivity index (χ3n) is 5.02. The summed E-state index contributed by atoms with van der Waals surface area (Å²) in [6, 6.07) is 9.75. The molecule has 0 bridgehead atoms. The fourth-order valence-corrected chi connectivity index (χ4v) is 4.37. The van der Waals surface area contributed by atoms with Gasteiger partial charge in [0, 0.05) is 24.8 Å². The van der Waals surface area contributed by atoms with E-state index in [1.54, 1.807) is 22.9 Å². The third kappa shape index (κ3) is 5.67. The number of carbonyl (C=O) groups is 1. The minimum absolute atomic E-state index is 0.0775. The molecule has 2 heterocycles. The van der Waals surface area contributed by atoms with E-state index in [0.29, 0.717) is 37.9 Å². The van der Waals surface area contributed by atoms with Gasteiger partial charge >= 0.3 is 0 Å². The maximum atomic E-state index is 15.1. The molecule has 0 aliphatic carbocycles. The molecular weight excluding hydrogens is 402 g/mol. The number of pyridine rings is 1. The normalized spacial score (nSPS) is 16.2. The number of amides is 1. The first-order chi connectivity index (χ1) is 13.5. The number of benzene rings is 1. The van der Waals surface area contributed by atoms with E-state index in [1.807, 2.05) is 18.2 Å². The van der Waals surface area contributed by atoms with E-state index >= 15 is 4.39 Å². The van der Waals surface area contributed by atoms with Gasteiger partial charge in [0.25, 0.3) is 5.91 Å². The van der Waals surface area contributed by atoms with Crippen molar-refractivity contribution in [3.63, 3.8) is 0 Å². The van der Waals surface area contributed by atoms with Crippen molar-refractivity contribution in [2.45, 2.75) is 42.8 Å². The molecule has 150 valence electrons. The predicted molar refractivity (Wildman–Crippen MR) is 109 cm³/mol. The van der Waals surface area contributed by atoms with Gasteiger partial charge in [0.05, 0.1) is 10.0 Å². The Bertz CT molecular complexity index is 798. The standard InChI is InChI=1S/C21H23ClF2N2OS/c22-17-15-16(6-7-18(17)23)20(27)26-12-9-21(24,10-13-26)8-2-4-14-28-19-5-1-3-11-25-19/h1,3,5-7,11,15H,2,4,8-10,12-14H2. The highest BCUT2D eigenvalue weighted by Crippen LogP contribution is 2.33. The first-order valence-corrected chi connectivity index (χ1v) is 10.8. The summed E-state index contributed by atoms with van der Waals surface area (Å²) in [6.07, 6.45) is 4.71. The van der Waals surface area contributed by atoms with Gasteiger partial charge in [0.1, 0.15) is 11.5 Å². The van der Waals surface area contributed by atoms with Crippen LogP contribution < -0.4 is 0 Å². The smallest absolute Gasteiger partial charge is 0.253 e. The second kappa shape index (κ2) is 9.70. The number of hydrogen-bond donors (Lipinski definition) is 0. The van der Waals surface area contributed by atoms with E-state index in [2.05, 4.69) is 4.98 Å². The highest BCUT2D eigenvalue weighted by Gasteiger charge is 2.35. The van der Waals surface area contributed by atoms with Crippen molar-refractivity contribution in [1.82, 2.24) is 9.88 Å². The summed E-state index contributed by atoms with van der Waals surface area (Å²) >= 11 is 7.44. The van der Waals surface area contributed by atoms with Crippen molar-refractivity contribution in [2.24, 2.45) is 0 Å². The van der Waals surface area contributed by atoms with Crippen molar-refractivity contribution in [1.29, 1.82) is 0 Å². The number of alkyl halides is 1. The molecule has 0 spiro atoms. The van der Waals surface area contributed by atoms with Crippen LogP contribution in [0.1, 0.15) is 42.5 Å². The van der Waals surface area contributed by atoms with Gasteiger partial charge in [-0.25, -0.2) is 13.8 Å². The molecule has 1 saturated heterocycles. The Hall–Kier alpha value is -1.66. The monoisotopic (exact) mass is 424 g/mol. The van der Waals surface area contributed by atoms with Crippen molar-refractivity contribution < 1.29 is 13.6 Å². The van der Waals surface area contributed by atoms with Crippen LogP contribution in [0.4, 0.5) is 8.78 Å². The molecule has 1 fully saturated rings. The summed E-state index contributed by atoms with van der Waals surface area (Å²) in [7, 11) is 0. The molecule has 1 aromatic heterocycles. The van der Waals surface area contributed by atoms with E-state index in [0.717, 1.165) is 23.6 Å². The number of nitrogens with zero attached hydrogens (tertiary/aromatic N) is 2. The van der Waals surface area contributed by atoms with Gasteiger partial charge in [-0.2, -0.15) is 0 Å². The van der Waals surface area contributed by atoms with Crippen LogP contribution in [0.2, 0.25) is 5.02 Å².